The highest BCUT2D eigenvalue weighted by Gasteiger charge is 2.17. The van der Waals surface area contributed by atoms with Gasteiger partial charge in [0.1, 0.15) is 30.1 Å². The Bertz CT molecular complexity index is 1030. The van der Waals surface area contributed by atoms with E-state index in [1.807, 2.05) is 30.3 Å². The van der Waals surface area contributed by atoms with E-state index in [9.17, 15) is 4.79 Å². The lowest BCUT2D eigenvalue weighted by Crippen LogP contribution is -2.09. The van der Waals surface area contributed by atoms with Crippen LogP contribution < -0.4 is 5.73 Å². The molecule has 3 N–H and O–H groups in total. The SMILES string of the molecule is Nc1ncnc2c1c1cc(-c3ccco3)ccc1n2CC(=O)O. The van der Waals surface area contributed by atoms with Gasteiger partial charge in [-0.25, -0.2) is 9.97 Å². The molecule has 0 saturated heterocycles. The van der Waals surface area contributed by atoms with E-state index >= 15 is 0 Å². The number of aliphatic carboxylic acids is 1. The Kier molecular flexibility index (Phi) is 2.80. The predicted molar refractivity (Wildman–Crippen MR) is 84.8 cm³/mol. The molecule has 0 unspecified atom stereocenters. The van der Waals surface area contributed by atoms with E-state index in [2.05, 4.69) is 9.97 Å². The standard InChI is InChI=1S/C16H12N4O3/c17-15-14-10-6-9(12-2-1-5-23-12)3-4-11(10)20(7-13(21)22)16(14)19-8-18-15/h1-6,8H,7H2,(H,21,22)(H2,17,18,19). The van der Waals surface area contributed by atoms with Crippen LogP contribution in [0.5, 0.6) is 0 Å². The fraction of sp³-hybridized carbons (Fsp3) is 0.0625. The lowest BCUT2D eigenvalue weighted by Gasteiger charge is -2.03. The number of anilines is 1. The molecule has 0 spiro atoms. The Hall–Kier alpha value is -3.35. The van der Waals surface area contributed by atoms with Crippen molar-refractivity contribution in [2.24, 2.45) is 0 Å². The van der Waals surface area contributed by atoms with Crippen molar-refractivity contribution in [3.63, 3.8) is 0 Å². The number of hydrogen-bond acceptors (Lipinski definition) is 5. The van der Waals surface area contributed by atoms with Crippen molar-refractivity contribution >= 4 is 33.7 Å². The minimum Gasteiger partial charge on any atom is -0.480 e. The highest BCUT2D eigenvalue weighted by Crippen LogP contribution is 2.33. The molecular weight excluding hydrogens is 296 g/mol. The summed E-state index contributed by atoms with van der Waals surface area (Å²) in [5, 5.41) is 10.6. The number of rotatable bonds is 3. The van der Waals surface area contributed by atoms with Crippen molar-refractivity contribution in [2.45, 2.75) is 6.54 Å². The molecule has 7 heteroatoms. The van der Waals surface area contributed by atoms with Gasteiger partial charge in [-0.3, -0.25) is 4.79 Å². The van der Waals surface area contributed by atoms with Gasteiger partial charge < -0.3 is 19.8 Å². The summed E-state index contributed by atoms with van der Waals surface area (Å²) >= 11 is 0. The minimum absolute atomic E-state index is 0.198. The molecule has 0 aliphatic heterocycles. The number of carbonyl (C=O) groups is 1. The van der Waals surface area contributed by atoms with Crippen LogP contribution in [0.1, 0.15) is 0 Å². The van der Waals surface area contributed by atoms with Gasteiger partial charge in [-0.1, -0.05) is 0 Å². The van der Waals surface area contributed by atoms with Crippen molar-refractivity contribution in [2.75, 3.05) is 5.73 Å². The van der Waals surface area contributed by atoms with Gasteiger partial charge in [0.25, 0.3) is 0 Å². The normalized spacial score (nSPS) is 11.3. The number of nitrogens with two attached hydrogens (primary N) is 1. The van der Waals surface area contributed by atoms with E-state index in [0.717, 1.165) is 22.2 Å². The zero-order valence-electron chi connectivity index (χ0n) is 11.9. The van der Waals surface area contributed by atoms with E-state index in [1.165, 1.54) is 6.33 Å². The van der Waals surface area contributed by atoms with Crippen LogP contribution in [0.2, 0.25) is 0 Å². The number of aromatic nitrogens is 3. The molecule has 0 bridgehead atoms. The first kappa shape index (κ1) is 13.3. The summed E-state index contributed by atoms with van der Waals surface area (Å²) < 4.78 is 7.04. The third-order valence-electron chi connectivity index (χ3n) is 3.77. The molecule has 1 aromatic carbocycles. The minimum atomic E-state index is -0.948. The maximum atomic E-state index is 11.2. The van der Waals surface area contributed by atoms with E-state index in [-0.39, 0.29) is 6.54 Å². The molecule has 0 fully saturated rings. The molecule has 23 heavy (non-hydrogen) atoms. The largest absolute Gasteiger partial charge is 0.480 e. The van der Waals surface area contributed by atoms with Gasteiger partial charge >= 0.3 is 5.97 Å². The Morgan fingerprint density at radius 1 is 1.30 bits per heavy atom. The average Bonchev–Trinajstić information content (AvgIpc) is 3.15. The molecule has 0 aliphatic carbocycles. The number of nitrogens with zero attached hydrogens (tertiary/aromatic N) is 3. The number of nitrogen functional groups attached to an aromatic ring is 1. The highest BCUT2D eigenvalue weighted by atomic mass is 16.4. The Labute approximate surface area is 130 Å². The highest BCUT2D eigenvalue weighted by molar-refractivity contribution is 6.12. The third-order valence-corrected chi connectivity index (χ3v) is 3.77. The molecular formula is C16H12N4O3. The second-order valence-corrected chi connectivity index (χ2v) is 5.15. The zero-order valence-corrected chi connectivity index (χ0v) is 11.9. The van der Waals surface area contributed by atoms with Gasteiger partial charge in [0.2, 0.25) is 0 Å². The first-order chi connectivity index (χ1) is 11.1. The zero-order chi connectivity index (χ0) is 16.0. The summed E-state index contributed by atoms with van der Waals surface area (Å²) in [6, 6.07) is 9.30. The van der Waals surface area contributed by atoms with Gasteiger partial charge in [0.15, 0.2) is 0 Å². The summed E-state index contributed by atoms with van der Waals surface area (Å²) in [6.07, 6.45) is 2.94. The van der Waals surface area contributed by atoms with E-state index in [1.54, 1.807) is 10.8 Å². The lowest BCUT2D eigenvalue weighted by atomic mass is 10.1. The second kappa shape index (κ2) is 4.84. The van der Waals surface area contributed by atoms with Crippen molar-refractivity contribution in [1.29, 1.82) is 0 Å². The van der Waals surface area contributed by atoms with Gasteiger partial charge in [0.05, 0.1) is 17.2 Å². The number of furan rings is 1. The summed E-state index contributed by atoms with van der Waals surface area (Å²) in [7, 11) is 0. The van der Waals surface area contributed by atoms with Crippen LogP contribution in [0.15, 0.2) is 47.3 Å². The summed E-state index contributed by atoms with van der Waals surface area (Å²) in [5.41, 5.74) is 8.12. The first-order valence-electron chi connectivity index (χ1n) is 6.93. The van der Waals surface area contributed by atoms with E-state index in [0.29, 0.717) is 16.9 Å². The number of hydrogen-bond donors (Lipinski definition) is 2. The van der Waals surface area contributed by atoms with Gasteiger partial charge in [-0.15, -0.1) is 0 Å². The van der Waals surface area contributed by atoms with Crippen LogP contribution >= 0.6 is 0 Å². The monoisotopic (exact) mass is 308 g/mol. The Morgan fingerprint density at radius 3 is 2.91 bits per heavy atom. The smallest absolute Gasteiger partial charge is 0.323 e. The number of fused-ring (bicyclic) bond motifs is 3. The number of carboxylic acids is 1. The molecule has 4 aromatic rings. The second-order valence-electron chi connectivity index (χ2n) is 5.15. The fourth-order valence-corrected chi connectivity index (χ4v) is 2.83. The maximum absolute atomic E-state index is 11.2. The van der Waals surface area contributed by atoms with Gasteiger partial charge in [-0.2, -0.15) is 0 Å². The molecule has 4 rings (SSSR count). The van der Waals surface area contributed by atoms with E-state index in [4.69, 9.17) is 15.3 Å². The topological polar surface area (TPSA) is 107 Å². The molecule has 3 heterocycles. The summed E-state index contributed by atoms with van der Waals surface area (Å²) in [4.78, 5) is 19.4. The van der Waals surface area contributed by atoms with Crippen molar-refractivity contribution in [1.82, 2.24) is 14.5 Å². The van der Waals surface area contributed by atoms with E-state index < -0.39 is 5.97 Å². The average molecular weight is 308 g/mol. The van der Waals surface area contributed by atoms with Crippen LogP contribution in [-0.4, -0.2) is 25.6 Å². The predicted octanol–water partition coefficient (Wildman–Crippen LogP) is 2.51. The molecule has 0 amide bonds. The summed E-state index contributed by atoms with van der Waals surface area (Å²) in [6.45, 7) is -0.198. The number of carboxylic acid groups (broad SMARTS) is 1. The van der Waals surface area contributed by atoms with Crippen LogP contribution in [0, 0.1) is 0 Å². The number of benzene rings is 1. The molecule has 0 saturated carbocycles. The van der Waals surface area contributed by atoms with Crippen molar-refractivity contribution < 1.29 is 14.3 Å². The molecule has 0 atom stereocenters. The molecule has 114 valence electrons. The van der Waals surface area contributed by atoms with Crippen molar-refractivity contribution in [3.8, 4) is 11.3 Å². The molecule has 0 aliphatic rings. The van der Waals surface area contributed by atoms with Crippen molar-refractivity contribution in [3.05, 3.63) is 42.9 Å². The Morgan fingerprint density at radius 2 is 2.17 bits per heavy atom. The van der Waals surface area contributed by atoms with Crippen LogP contribution in [0.4, 0.5) is 5.82 Å². The van der Waals surface area contributed by atoms with Crippen LogP contribution in [0.3, 0.4) is 0 Å². The Balaban J connectivity index is 2.09. The molecule has 0 radical (unpaired) electrons. The summed E-state index contributed by atoms with van der Waals surface area (Å²) in [5.74, 6) is 0.0956. The first-order valence-corrected chi connectivity index (χ1v) is 6.93. The molecule has 3 aromatic heterocycles. The van der Waals surface area contributed by atoms with Gasteiger partial charge in [-0.05, 0) is 30.3 Å². The van der Waals surface area contributed by atoms with Gasteiger partial charge in [0, 0.05) is 10.9 Å². The van der Waals surface area contributed by atoms with Crippen LogP contribution in [0.25, 0.3) is 33.3 Å². The fourth-order valence-electron chi connectivity index (χ4n) is 2.83. The molecule has 7 nitrogen and oxygen atoms in total. The maximum Gasteiger partial charge on any atom is 0.323 e. The third kappa shape index (κ3) is 2.02. The lowest BCUT2D eigenvalue weighted by molar-refractivity contribution is -0.137. The quantitative estimate of drug-likeness (QED) is 0.602. The van der Waals surface area contributed by atoms with Crippen LogP contribution in [-0.2, 0) is 11.3 Å².